The number of aryl methyl sites for hydroxylation is 1. The summed E-state index contributed by atoms with van der Waals surface area (Å²) in [6, 6.07) is 17.8. The minimum atomic E-state index is -0.320. The molecule has 0 amide bonds. The van der Waals surface area contributed by atoms with Gasteiger partial charge in [0, 0.05) is 0 Å². The van der Waals surface area contributed by atoms with Crippen molar-refractivity contribution in [2.45, 2.75) is 18.9 Å². The first kappa shape index (κ1) is 15.0. The Hall–Kier alpha value is -2.59. The molecular formula is C19H16ClN3O. The number of aromatic nitrogens is 2. The van der Waals surface area contributed by atoms with Gasteiger partial charge in [0.2, 0.25) is 0 Å². The predicted octanol–water partition coefficient (Wildman–Crippen LogP) is 3.99. The van der Waals surface area contributed by atoms with Crippen LogP contribution in [-0.4, -0.2) is 9.78 Å². The lowest BCUT2D eigenvalue weighted by Crippen LogP contribution is -2.23. The van der Waals surface area contributed by atoms with Gasteiger partial charge >= 0.3 is 0 Å². The van der Waals surface area contributed by atoms with Crippen molar-refractivity contribution in [1.29, 1.82) is 0 Å². The van der Waals surface area contributed by atoms with Crippen LogP contribution in [0.15, 0.2) is 65.6 Å². The van der Waals surface area contributed by atoms with Crippen molar-refractivity contribution >= 4 is 17.3 Å². The molecule has 0 saturated heterocycles. The maximum absolute atomic E-state index is 12.5. The van der Waals surface area contributed by atoms with Gasteiger partial charge in [0.25, 0.3) is 5.56 Å². The molecule has 1 N–H and O–H groups in total. The molecule has 5 heteroatoms. The third-order valence-corrected chi connectivity index (χ3v) is 4.75. The van der Waals surface area contributed by atoms with E-state index in [2.05, 4.69) is 28.6 Å². The van der Waals surface area contributed by atoms with Crippen molar-refractivity contribution in [3.8, 4) is 5.69 Å². The van der Waals surface area contributed by atoms with E-state index >= 15 is 0 Å². The minimum Gasteiger partial charge on any atom is -0.376 e. The van der Waals surface area contributed by atoms with Crippen LogP contribution < -0.4 is 10.9 Å². The molecule has 120 valence electrons. The van der Waals surface area contributed by atoms with Gasteiger partial charge in [-0.25, -0.2) is 0 Å². The van der Waals surface area contributed by atoms with Crippen molar-refractivity contribution in [1.82, 2.24) is 9.78 Å². The summed E-state index contributed by atoms with van der Waals surface area (Å²) in [5.74, 6) is 0. The minimum absolute atomic E-state index is 0.160. The SMILES string of the molecule is O=c1c(Cl)c(NC2CCc3ccccc32)cnn1-c1ccccc1. The molecule has 4 nitrogen and oxygen atoms in total. The third kappa shape index (κ3) is 2.59. The second-order valence-electron chi connectivity index (χ2n) is 5.86. The fourth-order valence-corrected chi connectivity index (χ4v) is 3.36. The summed E-state index contributed by atoms with van der Waals surface area (Å²) in [6.45, 7) is 0. The summed E-state index contributed by atoms with van der Waals surface area (Å²) in [5.41, 5.74) is 3.56. The van der Waals surface area contributed by atoms with Crippen molar-refractivity contribution < 1.29 is 0 Å². The first-order valence-corrected chi connectivity index (χ1v) is 8.29. The van der Waals surface area contributed by atoms with E-state index < -0.39 is 0 Å². The zero-order chi connectivity index (χ0) is 16.5. The van der Waals surface area contributed by atoms with Crippen LogP contribution >= 0.6 is 11.6 Å². The van der Waals surface area contributed by atoms with Crippen LogP contribution in [0.3, 0.4) is 0 Å². The zero-order valence-electron chi connectivity index (χ0n) is 12.9. The largest absolute Gasteiger partial charge is 0.376 e. The van der Waals surface area contributed by atoms with E-state index in [-0.39, 0.29) is 16.6 Å². The van der Waals surface area contributed by atoms with E-state index in [1.54, 1.807) is 6.20 Å². The first-order chi connectivity index (χ1) is 11.7. The van der Waals surface area contributed by atoms with Crippen LogP contribution in [0.2, 0.25) is 5.02 Å². The topological polar surface area (TPSA) is 46.9 Å². The molecular weight excluding hydrogens is 322 g/mol. The highest BCUT2D eigenvalue weighted by Crippen LogP contribution is 2.34. The van der Waals surface area contributed by atoms with Gasteiger partial charge in [0.05, 0.1) is 23.6 Å². The van der Waals surface area contributed by atoms with Gasteiger partial charge in [-0.3, -0.25) is 4.79 Å². The normalized spacial score (nSPS) is 16.0. The predicted molar refractivity (Wildman–Crippen MR) is 96.0 cm³/mol. The van der Waals surface area contributed by atoms with Crippen LogP contribution in [0.1, 0.15) is 23.6 Å². The molecule has 1 aliphatic carbocycles. The van der Waals surface area contributed by atoms with E-state index in [9.17, 15) is 4.79 Å². The average molecular weight is 338 g/mol. The highest BCUT2D eigenvalue weighted by molar-refractivity contribution is 6.33. The maximum Gasteiger partial charge on any atom is 0.292 e. The number of para-hydroxylation sites is 1. The summed E-state index contributed by atoms with van der Waals surface area (Å²) in [6.07, 6.45) is 3.63. The molecule has 4 rings (SSSR count). The molecule has 1 unspecified atom stereocenters. The standard InChI is InChI=1S/C19H16ClN3O/c20-18-17(22-16-11-10-13-6-4-5-9-15(13)16)12-21-23(19(18)24)14-7-2-1-3-8-14/h1-9,12,16,22H,10-11H2. The fourth-order valence-electron chi connectivity index (χ4n) is 3.18. The second-order valence-corrected chi connectivity index (χ2v) is 6.24. The average Bonchev–Trinajstić information content (AvgIpc) is 3.03. The number of hydrogen-bond donors (Lipinski definition) is 1. The quantitative estimate of drug-likeness (QED) is 0.786. The Morgan fingerprint density at radius 3 is 2.67 bits per heavy atom. The Kier molecular flexibility index (Phi) is 3.82. The molecule has 0 radical (unpaired) electrons. The Bertz CT molecular complexity index is 937. The first-order valence-electron chi connectivity index (χ1n) is 7.91. The summed E-state index contributed by atoms with van der Waals surface area (Å²) in [4.78, 5) is 12.5. The van der Waals surface area contributed by atoms with Gasteiger partial charge in [-0.1, -0.05) is 54.1 Å². The Balaban J connectivity index is 1.66. The Labute approximate surface area is 144 Å². The molecule has 2 aromatic carbocycles. The monoisotopic (exact) mass is 337 g/mol. The van der Waals surface area contributed by atoms with Crippen molar-refractivity contribution in [3.05, 3.63) is 87.3 Å². The van der Waals surface area contributed by atoms with E-state index in [1.807, 2.05) is 36.4 Å². The van der Waals surface area contributed by atoms with Crippen LogP contribution in [-0.2, 0) is 6.42 Å². The number of benzene rings is 2. The lowest BCUT2D eigenvalue weighted by atomic mass is 10.1. The third-order valence-electron chi connectivity index (χ3n) is 4.38. The van der Waals surface area contributed by atoms with Crippen LogP contribution in [0.5, 0.6) is 0 Å². The lowest BCUT2D eigenvalue weighted by molar-refractivity contribution is 0.752. The van der Waals surface area contributed by atoms with Crippen LogP contribution in [0.4, 0.5) is 5.69 Å². The zero-order valence-corrected chi connectivity index (χ0v) is 13.7. The fraction of sp³-hybridized carbons (Fsp3) is 0.158. The van der Waals surface area contributed by atoms with Crippen molar-refractivity contribution in [2.75, 3.05) is 5.32 Å². The second kappa shape index (κ2) is 6.13. The molecule has 1 aromatic heterocycles. The Morgan fingerprint density at radius 1 is 1.08 bits per heavy atom. The number of nitrogens with zero attached hydrogens (tertiary/aromatic N) is 2. The molecule has 0 fully saturated rings. The smallest absolute Gasteiger partial charge is 0.292 e. The highest BCUT2D eigenvalue weighted by atomic mass is 35.5. The van der Waals surface area contributed by atoms with E-state index in [1.165, 1.54) is 15.8 Å². The summed E-state index contributed by atoms with van der Waals surface area (Å²) in [5, 5.41) is 7.81. The van der Waals surface area contributed by atoms with Gasteiger partial charge < -0.3 is 5.32 Å². The van der Waals surface area contributed by atoms with Crippen LogP contribution in [0, 0.1) is 0 Å². The van der Waals surface area contributed by atoms with Gasteiger partial charge in [-0.2, -0.15) is 9.78 Å². The molecule has 1 atom stereocenters. The molecule has 0 saturated carbocycles. The van der Waals surface area contributed by atoms with Gasteiger partial charge in [-0.05, 0) is 36.1 Å². The lowest BCUT2D eigenvalue weighted by Gasteiger charge is -2.16. The number of anilines is 1. The molecule has 1 heterocycles. The molecule has 1 aliphatic rings. The number of hydrogen-bond acceptors (Lipinski definition) is 3. The van der Waals surface area contributed by atoms with Crippen LogP contribution in [0.25, 0.3) is 5.69 Å². The number of rotatable bonds is 3. The highest BCUT2D eigenvalue weighted by Gasteiger charge is 2.23. The number of halogens is 1. The number of fused-ring (bicyclic) bond motifs is 1. The summed E-state index contributed by atoms with van der Waals surface area (Å²) < 4.78 is 1.32. The molecule has 0 spiro atoms. The van der Waals surface area contributed by atoms with E-state index in [4.69, 9.17) is 11.6 Å². The molecule has 3 aromatic rings. The van der Waals surface area contributed by atoms with Gasteiger partial charge in [-0.15, -0.1) is 0 Å². The molecule has 0 aliphatic heterocycles. The summed E-state index contributed by atoms with van der Waals surface area (Å²) >= 11 is 6.32. The molecule has 24 heavy (non-hydrogen) atoms. The van der Waals surface area contributed by atoms with Crippen molar-refractivity contribution in [2.24, 2.45) is 0 Å². The Morgan fingerprint density at radius 2 is 1.83 bits per heavy atom. The molecule has 0 bridgehead atoms. The summed E-state index contributed by atoms with van der Waals surface area (Å²) in [7, 11) is 0. The maximum atomic E-state index is 12.5. The van der Waals surface area contributed by atoms with E-state index in [0.717, 1.165) is 12.8 Å². The number of nitrogens with one attached hydrogen (secondary N) is 1. The van der Waals surface area contributed by atoms with E-state index in [0.29, 0.717) is 11.4 Å². The van der Waals surface area contributed by atoms with Crippen molar-refractivity contribution in [3.63, 3.8) is 0 Å². The van der Waals surface area contributed by atoms with Gasteiger partial charge in [0.15, 0.2) is 0 Å². The van der Waals surface area contributed by atoms with Gasteiger partial charge in [0.1, 0.15) is 5.02 Å².